The normalized spacial score (nSPS) is 22.8. The molecule has 0 bridgehead atoms. The minimum Gasteiger partial charge on any atom is -0.550 e. The van der Waals surface area contributed by atoms with E-state index in [1.54, 1.807) is 30.3 Å². The minimum absolute atomic E-state index is 0.103. The highest BCUT2D eigenvalue weighted by Crippen LogP contribution is 2.26. The summed E-state index contributed by atoms with van der Waals surface area (Å²) in [6, 6.07) is 6.92. The molecule has 0 spiro atoms. The number of amides is 2. The van der Waals surface area contributed by atoms with Gasteiger partial charge in [0.1, 0.15) is 0 Å². The fraction of sp³-hybridized carbons (Fsp3) is 0.476. The molecule has 1 saturated carbocycles. The summed E-state index contributed by atoms with van der Waals surface area (Å²) in [6.45, 7) is 0. The fourth-order valence-electron chi connectivity index (χ4n) is 3.82. The maximum Gasteiger partial charge on any atom is 0.251 e. The van der Waals surface area contributed by atoms with Crippen LogP contribution in [-0.4, -0.2) is 23.8 Å². The van der Waals surface area contributed by atoms with Crippen molar-refractivity contribution in [1.82, 2.24) is 5.32 Å². The summed E-state index contributed by atoms with van der Waals surface area (Å²) in [4.78, 5) is 36.0. The highest BCUT2D eigenvalue weighted by Gasteiger charge is 2.29. The maximum atomic E-state index is 12.4. The number of aliphatic carboxylic acids is 1. The Morgan fingerprint density at radius 3 is 2.15 bits per heavy atom. The Morgan fingerprint density at radius 1 is 0.889 bits per heavy atom. The van der Waals surface area contributed by atoms with Gasteiger partial charge in [-0.2, -0.15) is 0 Å². The Bertz CT molecular complexity index is 720. The molecule has 0 radical (unpaired) electrons. The van der Waals surface area contributed by atoms with Gasteiger partial charge in [0.05, 0.1) is 5.92 Å². The number of nitrogens with one attached hydrogen (secondary N) is 2. The highest BCUT2D eigenvalue weighted by atomic mass is 16.4. The van der Waals surface area contributed by atoms with Crippen molar-refractivity contribution in [1.29, 1.82) is 0 Å². The molecule has 0 saturated heterocycles. The van der Waals surface area contributed by atoms with Gasteiger partial charge in [-0.1, -0.05) is 31.4 Å². The van der Waals surface area contributed by atoms with Gasteiger partial charge < -0.3 is 20.5 Å². The standard InChI is InChI=1S/C21H26N2O4/c24-19(22-15-6-2-1-3-7-15)14-10-12-16(13-11-14)23-20(25)17-8-4-5-9-18(17)21(26)27/h4-5,10-13,15,17-18H,1-3,6-9H2,(H,22,24)(H,23,25)(H,26,27)/p-1/t17-,18+/m0/s1. The number of hydrogen-bond acceptors (Lipinski definition) is 4. The number of carbonyl (C=O) groups excluding carboxylic acids is 3. The number of hydrogen-bond donors (Lipinski definition) is 2. The van der Waals surface area contributed by atoms with Crippen LogP contribution in [0.25, 0.3) is 0 Å². The van der Waals surface area contributed by atoms with Crippen molar-refractivity contribution in [2.24, 2.45) is 11.8 Å². The van der Waals surface area contributed by atoms with Crippen LogP contribution in [-0.2, 0) is 9.59 Å². The molecule has 6 heteroatoms. The van der Waals surface area contributed by atoms with Crippen LogP contribution < -0.4 is 15.7 Å². The Hall–Kier alpha value is -2.63. The predicted octanol–water partition coefficient (Wildman–Crippen LogP) is 2.02. The monoisotopic (exact) mass is 369 g/mol. The summed E-state index contributed by atoms with van der Waals surface area (Å²) in [7, 11) is 0. The van der Waals surface area contributed by atoms with Crippen molar-refractivity contribution in [2.45, 2.75) is 51.0 Å². The molecule has 27 heavy (non-hydrogen) atoms. The maximum absolute atomic E-state index is 12.4. The summed E-state index contributed by atoms with van der Waals surface area (Å²) < 4.78 is 0. The van der Waals surface area contributed by atoms with Gasteiger partial charge in [0.2, 0.25) is 5.91 Å². The number of carboxylic acids is 1. The van der Waals surface area contributed by atoms with Gasteiger partial charge in [0.25, 0.3) is 5.91 Å². The van der Waals surface area contributed by atoms with Gasteiger partial charge >= 0.3 is 0 Å². The number of allylic oxidation sites excluding steroid dienone is 2. The molecule has 2 atom stereocenters. The first-order valence-electron chi connectivity index (χ1n) is 9.62. The van der Waals surface area contributed by atoms with E-state index in [4.69, 9.17) is 0 Å². The van der Waals surface area contributed by atoms with E-state index in [9.17, 15) is 19.5 Å². The number of carboxylic acid groups (broad SMARTS) is 1. The van der Waals surface area contributed by atoms with Crippen LogP contribution in [0, 0.1) is 11.8 Å². The van der Waals surface area contributed by atoms with Crippen LogP contribution >= 0.6 is 0 Å². The third-order valence-electron chi connectivity index (χ3n) is 5.43. The lowest BCUT2D eigenvalue weighted by Crippen LogP contribution is -2.41. The predicted molar refractivity (Wildman–Crippen MR) is 99.8 cm³/mol. The number of anilines is 1. The summed E-state index contributed by atoms with van der Waals surface area (Å²) >= 11 is 0. The third-order valence-corrected chi connectivity index (χ3v) is 5.43. The lowest BCUT2D eigenvalue weighted by atomic mass is 9.82. The second-order valence-corrected chi connectivity index (χ2v) is 7.35. The van der Waals surface area contributed by atoms with Crippen LogP contribution in [0.1, 0.15) is 55.3 Å². The molecule has 0 aliphatic heterocycles. The first kappa shape index (κ1) is 19.1. The Morgan fingerprint density at radius 2 is 1.52 bits per heavy atom. The van der Waals surface area contributed by atoms with E-state index in [-0.39, 0.29) is 17.9 Å². The summed E-state index contributed by atoms with van der Waals surface area (Å²) in [5, 5.41) is 17.0. The molecule has 6 nitrogen and oxygen atoms in total. The van der Waals surface area contributed by atoms with Crippen molar-refractivity contribution in [2.75, 3.05) is 5.32 Å². The lowest BCUT2D eigenvalue weighted by molar-refractivity contribution is -0.313. The SMILES string of the molecule is O=C(NC1CCCCC1)c1ccc(NC(=O)[C@H]2CC=CC[C@H]2C(=O)[O-])cc1. The summed E-state index contributed by atoms with van der Waals surface area (Å²) in [5.74, 6) is -3.10. The van der Waals surface area contributed by atoms with Crippen LogP contribution in [0.5, 0.6) is 0 Å². The second kappa shape index (κ2) is 8.84. The van der Waals surface area contributed by atoms with Crippen LogP contribution in [0.15, 0.2) is 36.4 Å². The third kappa shape index (κ3) is 4.96. The van der Waals surface area contributed by atoms with Gasteiger partial charge in [0, 0.05) is 29.2 Å². The van der Waals surface area contributed by atoms with E-state index in [2.05, 4.69) is 10.6 Å². The molecular weight excluding hydrogens is 344 g/mol. The molecule has 1 aromatic carbocycles. The van der Waals surface area contributed by atoms with Crippen molar-refractivity contribution < 1.29 is 19.5 Å². The molecule has 2 aliphatic carbocycles. The van der Waals surface area contributed by atoms with Crippen LogP contribution in [0.2, 0.25) is 0 Å². The lowest BCUT2D eigenvalue weighted by Gasteiger charge is -2.28. The van der Waals surface area contributed by atoms with E-state index in [1.165, 1.54) is 6.42 Å². The van der Waals surface area contributed by atoms with Gasteiger partial charge in [-0.3, -0.25) is 9.59 Å². The average Bonchev–Trinajstić information content (AvgIpc) is 2.69. The minimum atomic E-state index is -1.20. The molecule has 0 aromatic heterocycles. The molecule has 2 aliphatic rings. The number of benzene rings is 1. The summed E-state index contributed by atoms with van der Waals surface area (Å²) in [5.41, 5.74) is 1.09. The van der Waals surface area contributed by atoms with E-state index in [0.717, 1.165) is 25.7 Å². The molecule has 3 rings (SSSR count). The summed E-state index contributed by atoms with van der Waals surface area (Å²) in [6.07, 6.45) is 9.86. The smallest absolute Gasteiger partial charge is 0.251 e. The number of rotatable bonds is 5. The van der Waals surface area contributed by atoms with E-state index in [0.29, 0.717) is 24.1 Å². The molecule has 1 aromatic rings. The first-order chi connectivity index (χ1) is 13.0. The molecule has 1 fully saturated rings. The fourth-order valence-corrected chi connectivity index (χ4v) is 3.82. The zero-order valence-corrected chi connectivity index (χ0v) is 15.3. The molecule has 2 amide bonds. The van der Waals surface area contributed by atoms with E-state index >= 15 is 0 Å². The van der Waals surface area contributed by atoms with Crippen molar-refractivity contribution in [3.8, 4) is 0 Å². The van der Waals surface area contributed by atoms with Gasteiger partial charge in [0.15, 0.2) is 0 Å². The van der Waals surface area contributed by atoms with Crippen LogP contribution in [0.4, 0.5) is 5.69 Å². The van der Waals surface area contributed by atoms with Gasteiger partial charge in [-0.05, 0) is 49.9 Å². The molecular formula is C21H25N2O4-. The van der Waals surface area contributed by atoms with Gasteiger partial charge in [-0.15, -0.1) is 0 Å². The molecule has 0 heterocycles. The van der Waals surface area contributed by atoms with Crippen molar-refractivity contribution in [3.05, 3.63) is 42.0 Å². The zero-order valence-electron chi connectivity index (χ0n) is 15.3. The Labute approximate surface area is 159 Å². The molecule has 2 N–H and O–H groups in total. The Kier molecular flexibility index (Phi) is 6.27. The quantitative estimate of drug-likeness (QED) is 0.776. The van der Waals surface area contributed by atoms with Gasteiger partial charge in [-0.25, -0.2) is 0 Å². The van der Waals surface area contributed by atoms with Crippen LogP contribution in [0.3, 0.4) is 0 Å². The zero-order chi connectivity index (χ0) is 19.2. The largest absolute Gasteiger partial charge is 0.550 e. The Balaban J connectivity index is 1.58. The number of carbonyl (C=O) groups is 3. The highest BCUT2D eigenvalue weighted by molar-refractivity contribution is 5.97. The van der Waals surface area contributed by atoms with E-state index < -0.39 is 17.8 Å². The van der Waals surface area contributed by atoms with Crippen molar-refractivity contribution in [3.63, 3.8) is 0 Å². The second-order valence-electron chi connectivity index (χ2n) is 7.35. The van der Waals surface area contributed by atoms with E-state index in [1.807, 2.05) is 6.08 Å². The first-order valence-corrected chi connectivity index (χ1v) is 9.62. The molecule has 0 unspecified atom stereocenters. The average molecular weight is 369 g/mol. The van der Waals surface area contributed by atoms with Crippen molar-refractivity contribution >= 4 is 23.5 Å². The topological polar surface area (TPSA) is 98.3 Å². The molecule has 144 valence electrons.